The fraction of sp³-hybridized carbons (Fsp3) is 0.524. The highest BCUT2D eigenvalue weighted by molar-refractivity contribution is 6.21. The van der Waals surface area contributed by atoms with Crippen LogP contribution in [0.4, 0.5) is 0 Å². The molecule has 0 aromatic heterocycles. The molecule has 156 valence electrons. The second kappa shape index (κ2) is 9.54. The number of carbonyl (C=O) groups excluding carboxylic acids is 3. The second-order valence-corrected chi connectivity index (χ2v) is 7.61. The molecule has 2 aliphatic rings. The van der Waals surface area contributed by atoms with E-state index in [2.05, 4.69) is 15.2 Å². The quantitative estimate of drug-likeness (QED) is 0.310. The van der Waals surface area contributed by atoms with Gasteiger partial charge in [-0.1, -0.05) is 12.1 Å². The summed E-state index contributed by atoms with van der Waals surface area (Å²) in [5.74, 6) is 0.424. The first-order valence-electron chi connectivity index (χ1n) is 10.2. The molecule has 1 unspecified atom stereocenters. The van der Waals surface area contributed by atoms with E-state index >= 15 is 0 Å². The summed E-state index contributed by atoms with van der Waals surface area (Å²) in [7, 11) is 1.75. The number of guanidine groups is 1. The molecule has 0 aliphatic carbocycles. The summed E-state index contributed by atoms with van der Waals surface area (Å²) in [6.45, 7) is 2.80. The summed E-state index contributed by atoms with van der Waals surface area (Å²) >= 11 is 0. The molecule has 1 saturated heterocycles. The Morgan fingerprint density at radius 3 is 2.52 bits per heavy atom. The minimum absolute atomic E-state index is 0.205. The Bertz CT molecular complexity index is 772. The summed E-state index contributed by atoms with van der Waals surface area (Å²) in [6, 6.07) is 6.95. The number of fused-ring (bicyclic) bond motifs is 1. The van der Waals surface area contributed by atoms with Crippen molar-refractivity contribution in [3.8, 4) is 0 Å². The van der Waals surface area contributed by atoms with Gasteiger partial charge in [0.1, 0.15) is 0 Å². The average Bonchev–Trinajstić information content (AvgIpc) is 2.95. The molecule has 0 spiro atoms. The average molecular weight is 399 g/mol. The number of nitrogens with zero attached hydrogens (tertiary/aromatic N) is 3. The van der Waals surface area contributed by atoms with Gasteiger partial charge in [-0.2, -0.15) is 0 Å². The molecule has 1 fully saturated rings. The van der Waals surface area contributed by atoms with Crippen LogP contribution in [0.1, 0.15) is 52.8 Å². The number of amides is 3. The Morgan fingerprint density at radius 1 is 1.21 bits per heavy atom. The number of carbonyl (C=O) groups is 3. The van der Waals surface area contributed by atoms with Crippen LogP contribution >= 0.6 is 0 Å². The maximum absolute atomic E-state index is 12.4. The number of piperidine rings is 1. The Labute approximate surface area is 171 Å². The number of primary amides is 1. The molecule has 0 saturated carbocycles. The van der Waals surface area contributed by atoms with Crippen molar-refractivity contribution in [1.82, 2.24) is 15.1 Å². The Balaban J connectivity index is 1.41. The Morgan fingerprint density at radius 2 is 1.90 bits per heavy atom. The third-order valence-electron chi connectivity index (χ3n) is 5.49. The third-order valence-corrected chi connectivity index (χ3v) is 5.49. The van der Waals surface area contributed by atoms with Gasteiger partial charge in [-0.15, -0.1) is 0 Å². The lowest BCUT2D eigenvalue weighted by Crippen LogP contribution is -2.47. The maximum Gasteiger partial charge on any atom is 0.261 e. The largest absolute Gasteiger partial charge is 0.370 e. The zero-order valence-electron chi connectivity index (χ0n) is 16.9. The number of nitrogens with one attached hydrogen (secondary N) is 1. The highest BCUT2D eigenvalue weighted by atomic mass is 16.2. The van der Waals surface area contributed by atoms with Crippen molar-refractivity contribution < 1.29 is 14.4 Å². The zero-order valence-corrected chi connectivity index (χ0v) is 16.9. The molecule has 2 aliphatic heterocycles. The Kier molecular flexibility index (Phi) is 6.85. The first-order valence-corrected chi connectivity index (χ1v) is 10.2. The highest BCUT2D eigenvalue weighted by Gasteiger charge is 2.34. The minimum atomic E-state index is -0.257. The summed E-state index contributed by atoms with van der Waals surface area (Å²) in [6.07, 6.45) is 3.97. The molecule has 3 rings (SSSR count). The van der Waals surface area contributed by atoms with Gasteiger partial charge in [0.15, 0.2) is 5.96 Å². The number of hydrogen-bond donors (Lipinski definition) is 2. The van der Waals surface area contributed by atoms with Crippen LogP contribution in [-0.2, 0) is 4.79 Å². The lowest BCUT2D eigenvalue weighted by atomic mass is 9.95. The first-order chi connectivity index (χ1) is 14.0. The predicted octanol–water partition coefficient (Wildman–Crippen LogP) is 1.23. The minimum Gasteiger partial charge on any atom is -0.370 e. The number of imide groups is 1. The van der Waals surface area contributed by atoms with Crippen LogP contribution in [0.5, 0.6) is 0 Å². The van der Waals surface area contributed by atoms with Crippen LogP contribution < -0.4 is 11.1 Å². The third kappa shape index (κ3) is 4.93. The van der Waals surface area contributed by atoms with E-state index in [1.165, 1.54) is 4.90 Å². The van der Waals surface area contributed by atoms with E-state index in [1.54, 1.807) is 31.3 Å². The molecule has 1 aromatic rings. The van der Waals surface area contributed by atoms with Gasteiger partial charge in [-0.25, -0.2) is 0 Å². The van der Waals surface area contributed by atoms with E-state index < -0.39 is 0 Å². The highest BCUT2D eigenvalue weighted by Crippen LogP contribution is 2.22. The van der Waals surface area contributed by atoms with Gasteiger partial charge in [-0.3, -0.25) is 24.3 Å². The zero-order chi connectivity index (χ0) is 20.8. The summed E-state index contributed by atoms with van der Waals surface area (Å²) < 4.78 is 0. The van der Waals surface area contributed by atoms with E-state index in [1.807, 2.05) is 0 Å². The normalized spacial score (nSPS) is 19.5. The molecule has 3 amide bonds. The Hall–Kier alpha value is -2.90. The van der Waals surface area contributed by atoms with Crippen LogP contribution in [0.15, 0.2) is 29.3 Å². The topological polar surface area (TPSA) is 108 Å². The number of aliphatic imine (C=N–C) groups is 1. The van der Waals surface area contributed by atoms with Gasteiger partial charge in [0.25, 0.3) is 11.8 Å². The predicted molar refractivity (Wildman–Crippen MR) is 111 cm³/mol. The van der Waals surface area contributed by atoms with Crippen molar-refractivity contribution in [3.05, 3.63) is 35.4 Å². The molecular formula is C21H29N5O3. The first kappa shape index (κ1) is 20.8. The van der Waals surface area contributed by atoms with Crippen LogP contribution in [-0.4, -0.2) is 66.7 Å². The molecular weight excluding hydrogens is 370 g/mol. The smallest absolute Gasteiger partial charge is 0.261 e. The van der Waals surface area contributed by atoms with Crippen molar-refractivity contribution in [3.63, 3.8) is 0 Å². The molecule has 1 aromatic carbocycles. The fourth-order valence-corrected chi connectivity index (χ4v) is 4.08. The van der Waals surface area contributed by atoms with Crippen molar-refractivity contribution >= 4 is 23.7 Å². The van der Waals surface area contributed by atoms with Crippen LogP contribution in [0.25, 0.3) is 0 Å². The molecule has 8 heteroatoms. The van der Waals surface area contributed by atoms with Gasteiger partial charge >= 0.3 is 0 Å². The molecule has 1 atom stereocenters. The standard InChI is InChI=1S/C21H29N5O3/c1-23-21(25-11-6-7-15(14-25)13-18(22)27)24-10-4-5-12-26-19(28)16-8-2-3-9-17(16)20(26)29/h2-3,8-9,15H,4-7,10-14H2,1H3,(H2,22,27)(H,23,24). The summed E-state index contributed by atoms with van der Waals surface area (Å²) in [5, 5.41) is 3.35. The number of hydrogen-bond acceptors (Lipinski definition) is 4. The van der Waals surface area contributed by atoms with Crippen molar-refractivity contribution in [2.75, 3.05) is 33.2 Å². The van der Waals surface area contributed by atoms with Gasteiger partial charge in [-0.05, 0) is 43.7 Å². The van der Waals surface area contributed by atoms with E-state index in [0.717, 1.165) is 44.7 Å². The number of benzene rings is 1. The van der Waals surface area contributed by atoms with E-state index in [-0.39, 0.29) is 23.6 Å². The van der Waals surface area contributed by atoms with Gasteiger partial charge < -0.3 is 16.0 Å². The van der Waals surface area contributed by atoms with Crippen molar-refractivity contribution in [2.24, 2.45) is 16.6 Å². The monoisotopic (exact) mass is 399 g/mol. The molecule has 0 radical (unpaired) electrons. The fourth-order valence-electron chi connectivity index (χ4n) is 4.08. The van der Waals surface area contributed by atoms with Crippen molar-refractivity contribution in [2.45, 2.75) is 32.1 Å². The van der Waals surface area contributed by atoms with Crippen LogP contribution in [0, 0.1) is 5.92 Å². The van der Waals surface area contributed by atoms with Crippen molar-refractivity contribution in [1.29, 1.82) is 0 Å². The lowest BCUT2D eigenvalue weighted by Gasteiger charge is -2.34. The number of rotatable bonds is 7. The van der Waals surface area contributed by atoms with E-state index in [4.69, 9.17) is 5.73 Å². The van der Waals surface area contributed by atoms with Gasteiger partial charge in [0.05, 0.1) is 11.1 Å². The maximum atomic E-state index is 12.4. The van der Waals surface area contributed by atoms with E-state index in [9.17, 15) is 14.4 Å². The molecule has 2 heterocycles. The van der Waals surface area contributed by atoms with Gasteiger partial charge in [0.2, 0.25) is 5.91 Å². The lowest BCUT2D eigenvalue weighted by molar-refractivity contribution is -0.119. The summed E-state index contributed by atoms with van der Waals surface area (Å²) in [4.78, 5) is 43.8. The molecule has 0 bridgehead atoms. The number of likely N-dealkylation sites (tertiary alicyclic amines) is 1. The van der Waals surface area contributed by atoms with E-state index in [0.29, 0.717) is 30.6 Å². The molecule has 29 heavy (non-hydrogen) atoms. The SMILES string of the molecule is CN=C(NCCCCN1C(=O)c2ccccc2C1=O)N1CCCC(CC(N)=O)C1. The second-order valence-electron chi connectivity index (χ2n) is 7.61. The number of unbranched alkanes of at least 4 members (excludes halogenated alkanes) is 1. The van der Waals surface area contributed by atoms with Crippen LogP contribution in [0.3, 0.4) is 0 Å². The molecule has 3 N–H and O–H groups in total. The van der Waals surface area contributed by atoms with Gasteiger partial charge in [0, 0.05) is 39.6 Å². The number of nitrogens with two attached hydrogens (primary N) is 1. The summed E-state index contributed by atoms with van der Waals surface area (Å²) in [5.41, 5.74) is 6.32. The van der Waals surface area contributed by atoms with Crippen LogP contribution in [0.2, 0.25) is 0 Å². The molecule has 8 nitrogen and oxygen atoms in total.